The fourth-order valence-electron chi connectivity index (χ4n) is 1.85. The Bertz CT molecular complexity index is 660. The Morgan fingerprint density at radius 3 is 2.50 bits per heavy atom. The molecule has 0 saturated heterocycles. The normalized spacial score (nSPS) is 18.3. The van der Waals surface area contributed by atoms with Gasteiger partial charge in [0.1, 0.15) is 0 Å². The van der Waals surface area contributed by atoms with Crippen LogP contribution in [0.4, 0.5) is 0 Å². The second kappa shape index (κ2) is 4.64. The molecule has 1 aliphatic rings. The zero-order chi connectivity index (χ0) is 12.8. The van der Waals surface area contributed by atoms with E-state index in [0.717, 1.165) is 14.3 Å². The van der Waals surface area contributed by atoms with Crippen molar-refractivity contribution in [2.45, 2.75) is 9.79 Å². The van der Waals surface area contributed by atoms with Crippen LogP contribution < -0.4 is 8.20 Å². The molecule has 0 fully saturated rings. The van der Waals surface area contributed by atoms with Crippen LogP contribution in [0.15, 0.2) is 52.3 Å². The van der Waals surface area contributed by atoms with Crippen LogP contribution in [0.1, 0.15) is 0 Å². The fraction of sp³-hybridized carbons (Fsp3) is 0. The van der Waals surface area contributed by atoms with Crippen LogP contribution in [0.25, 0.3) is 0 Å². The molecule has 1 heterocycles. The molecule has 0 atom stereocenters. The molecule has 0 unspecified atom stereocenters. The molecule has 3 rings (SSSR count). The van der Waals surface area contributed by atoms with Gasteiger partial charge in [-0.25, -0.2) is 0 Å². The molecule has 1 N–H and O–H groups in total. The Kier molecular flexibility index (Phi) is 3.27. The second-order valence-electron chi connectivity index (χ2n) is 3.87. The first-order chi connectivity index (χ1) is 8.61. The van der Waals surface area contributed by atoms with E-state index in [-0.39, 0.29) is 15.2 Å². The standard InChI is InChI=1S/C12H9Cl2NOSSe/c13-8-4-6-9(7-5-8)17(16)11-3-1-2-10(14)12(11)18-15-17/h1-7,17H,(H,15,16). The van der Waals surface area contributed by atoms with Crippen molar-refractivity contribution in [3.05, 3.63) is 52.5 Å². The molecule has 0 aliphatic carbocycles. The summed E-state index contributed by atoms with van der Waals surface area (Å²) < 4.78 is 17.3. The average molecular weight is 365 g/mol. The van der Waals surface area contributed by atoms with Gasteiger partial charge < -0.3 is 0 Å². The molecule has 18 heavy (non-hydrogen) atoms. The van der Waals surface area contributed by atoms with Gasteiger partial charge in [0.15, 0.2) is 0 Å². The summed E-state index contributed by atoms with van der Waals surface area (Å²) in [4.78, 5) is 1.60. The van der Waals surface area contributed by atoms with Gasteiger partial charge in [-0.2, -0.15) is 0 Å². The number of fused-ring (bicyclic) bond motifs is 1. The molecule has 1 aliphatic heterocycles. The number of nitrogens with one attached hydrogen (secondary N) is 1. The molecule has 2 nitrogen and oxygen atoms in total. The van der Waals surface area contributed by atoms with Crippen molar-refractivity contribution in [1.82, 2.24) is 3.74 Å². The molecule has 2 aromatic carbocycles. The van der Waals surface area contributed by atoms with Gasteiger partial charge in [0.25, 0.3) is 0 Å². The van der Waals surface area contributed by atoms with Gasteiger partial charge in [0, 0.05) is 0 Å². The summed E-state index contributed by atoms with van der Waals surface area (Å²) in [5.41, 5.74) is 0. The maximum atomic E-state index is 13.1. The van der Waals surface area contributed by atoms with E-state index in [0.29, 0.717) is 10.0 Å². The zero-order valence-electron chi connectivity index (χ0n) is 9.06. The number of hydrogen-bond donors (Lipinski definition) is 2. The molecule has 0 saturated carbocycles. The van der Waals surface area contributed by atoms with Crippen LogP contribution in [-0.4, -0.2) is 19.4 Å². The van der Waals surface area contributed by atoms with E-state index < -0.39 is 10.1 Å². The van der Waals surface area contributed by atoms with E-state index in [2.05, 4.69) is 3.74 Å². The minimum atomic E-state index is -2.72. The van der Waals surface area contributed by atoms with Crippen LogP contribution in [0.5, 0.6) is 0 Å². The number of rotatable bonds is 1. The van der Waals surface area contributed by atoms with E-state index in [4.69, 9.17) is 23.2 Å². The molecular weight excluding hydrogens is 356 g/mol. The summed E-state index contributed by atoms with van der Waals surface area (Å²) in [6, 6.07) is 12.7. The summed E-state index contributed by atoms with van der Waals surface area (Å²) in [5, 5.41) is 1.33. The summed E-state index contributed by atoms with van der Waals surface area (Å²) >= 11 is 12.0. The Hall–Kier alpha value is -0.351. The van der Waals surface area contributed by atoms with Crippen LogP contribution in [0.2, 0.25) is 10.0 Å². The quantitative estimate of drug-likeness (QED) is 0.589. The first kappa shape index (κ1) is 12.7. The molecule has 0 amide bonds. The van der Waals surface area contributed by atoms with Gasteiger partial charge in [-0.3, -0.25) is 0 Å². The van der Waals surface area contributed by atoms with Crippen LogP contribution in [0.3, 0.4) is 0 Å². The summed E-state index contributed by atoms with van der Waals surface area (Å²) in [7, 11) is -2.72. The molecule has 94 valence electrons. The third-order valence-electron chi connectivity index (χ3n) is 2.75. The predicted molar refractivity (Wildman–Crippen MR) is 77.5 cm³/mol. The van der Waals surface area contributed by atoms with Crippen molar-refractivity contribution in [3.63, 3.8) is 0 Å². The molecule has 0 bridgehead atoms. The average Bonchev–Trinajstić information content (AvgIpc) is 2.71. The Morgan fingerprint density at radius 2 is 1.78 bits per heavy atom. The predicted octanol–water partition coefficient (Wildman–Crippen LogP) is 2.19. The summed E-state index contributed by atoms with van der Waals surface area (Å²) in [5.74, 6) is 0. The van der Waals surface area contributed by atoms with Gasteiger partial charge in [0.05, 0.1) is 0 Å². The van der Waals surface area contributed by atoms with Crippen molar-refractivity contribution in [2.75, 3.05) is 0 Å². The van der Waals surface area contributed by atoms with Gasteiger partial charge in [-0.1, -0.05) is 0 Å². The Labute approximate surface area is 123 Å². The molecule has 2 aromatic rings. The van der Waals surface area contributed by atoms with E-state index in [1.807, 2.05) is 30.3 Å². The topological polar surface area (TPSA) is 29.1 Å². The van der Waals surface area contributed by atoms with Crippen molar-refractivity contribution >= 4 is 53.0 Å². The molecule has 0 radical (unpaired) electrons. The van der Waals surface area contributed by atoms with E-state index in [9.17, 15) is 4.21 Å². The minimum absolute atomic E-state index is 0.0527. The van der Waals surface area contributed by atoms with Crippen molar-refractivity contribution in [2.24, 2.45) is 0 Å². The SMILES string of the molecule is O=[SH]1(c2ccc(Cl)cc2)N[Se]c2c(Cl)cccc21. The Morgan fingerprint density at radius 1 is 1.06 bits per heavy atom. The van der Waals surface area contributed by atoms with Crippen molar-refractivity contribution in [1.29, 1.82) is 0 Å². The number of halogens is 2. The fourth-order valence-corrected chi connectivity index (χ4v) is 8.81. The Balaban J connectivity index is 2.18. The third kappa shape index (κ3) is 1.94. The number of benzene rings is 2. The molecule has 0 spiro atoms. The van der Waals surface area contributed by atoms with Gasteiger partial charge in [-0.05, 0) is 0 Å². The molecular formula is C12H9Cl2NOSSe. The maximum absolute atomic E-state index is 13.1. The van der Waals surface area contributed by atoms with Gasteiger partial charge in [-0.15, -0.1) is 0 Å². The van der Waals surface area contributed by atoms with E-state index in [1.54, 1.807) is 12.1 Å². The first-order valence-corrected chi connectivity index (χ1v) is 9.38. The van der Waals surface area contributed by atoms with Crippen LogP contribution in [-0.2, 0) is 10.1 Å². The van der Waals surface area contributed by atoms with Crippen molar-refractivity contribution < 1.29 is 4.21 Å². The molecule has 0 aromatic heterocycles. The van der Waals surface area contributed by atoms with E-state index in [1.165, 1.54) is 0 Å². The van der Waals surface area contributed by atoms with Crippen molar-refractivity contribution in [3.8, 4) is 0 Å². The third-order valence-corrected chi connectivity index (χ3v) is 9.88. The number of thiol groups is 1. The zero-order valence-corrected chi connectivity index (χ0v) is 13.2. The van der Waals surface area contributed by atoms with Gasteiger partial charge in [0.2, 0.25) is 0 Å². The second-order valence-corrected chi connectivity index (χ2v) is 9.54. The van der Waals surface area contributed by atoms with Crippen LogP contribution >= 0.6 is 23.2 Å². The first-order valence-electron chi connectivity index (χ1n) is 5.20. The van der Waals surface area contributed by atoms with Gasteiger partial charge >= 0.3 is 123 Å². The monoisotopic (exact) mass is 365 g/mol. The number of hydrogen-bond acceptors (Lipinski definition) is 1. The summed E-state index contributed by atoms with van der Waals surface area (Å²) in [6.07, 6.45) is 0. The van der Waals surface area contributed by atoms with Crippen LogP contribution in [0, 0.1) is 0 Å². The van der Waals surface area contributed by atoms with E-state index >= 15 is 0 Å². The summed E-state index contributed by atoms with van der Waals surface area (Å²) in [6.45, 7) is 0. The molecule has 6 heteroatoms.